The zero-order valence-corrected chi connectivity index (χ0v) is 13.8. The first kappa shape index (κ1) is 15.2. The molecule has 0 saturated heterocycles. The summed E-state index contributed by atoms with van der Waals surface area (Å²) in [4.78, 5) is 12.4. The van der Waals surface area contributed by atoms with Gasteiger partial charge in [0.05, 0.1) is 18.0 Å². The van der Waals surface area contributed by atoms with Gasteiger partial charge in [-0.05, 0) is 24.3 Å². The average molecular weight is 336 g/mol. The normalized spacial score (nSPS) is 11.1. The van der Waals surface area contributed by atoms with Crippen LogP contribution < -0.4 is 15.0 Å². The van der Waals surface area contributed by atoms with E-state index in [0.29, 0.717) is 28.5 Å². The fourth-order valence-electron chi connectivity index (χ4n) is 2.87. The molecule has 2 aromatic carbocycles. The summed E-state index contributed by atoms with van der Waals surface area (Å²) in [6.07, 6.45) is 0. The highest BCUT2D eigenvalue weighted by atomic mass is 16.5. The molecule has 2 aromatic heterocycles. The Labute approximate surface area is 143 Å². The van der Waals surface area contributed by atoms with E-state index in [1.165, 1.54) is 4.57 Å². The first-order valence-electron chi connectivity index (χ1n) is 7.78. The van der Waals surface area contributed by atoms with E-state index in [4.69, 9.17) is 9.47 Å². The predicted octanol–water partition coefficient (Wildman–Crippen LogP) is 2.17. The molecule has 2 heterocycles. The summed E-state index contributed by atoms with van der Waals surface area (Å²) in [7, 11) is 3.28. The van der Waals surface area contributed by atoms with Crippen LogP contribution in [-0.4, -0.2) is 26.3 Å². The predicted molar refractivity (Wildman–Crippen MR) is 93.1 cm³/mol. The van der Waals surface area contributed by atoms with Crippen LogP contribution in [0.3, 0.4) is 0 Å². The molecule has 7 heteroatoms. The molecule has 0 aliphatic heterocycles. The molecular weight excluding hydrogens is 320 g/mol. The maximum absolute atomic E-state index is 12.4. The molecule has 0 saturated carbocycles. The van der Waals surface area contributed by atoms with Gasteiger partial charge in [-0.15, -0.1) is 10.2 Å². The number of aromatic nitrogens is 4. The Kier molecular flexibility index (Phi) is 3.61. The summed E-state index contributed by atoms with van der Waals surface area (Å²) in [6, 6.07) is 14.8. The fourth-order valence-corrected chi connectivity index (χ4v) is 2.87. The molecule has 0 spiro atoms. The van der Waals surface area contributed by atoms with E-state index in [9.17, 15) is 4.79 Å². The number of para-hydroxylation sites is 3. The largest absolute Gasteiger partial charge is 0.493 e. The maximum Gasteiger partial charge on any atom is 0.262 e. The number of ether oxygens (including phenoxy) is 2. The van der Waals surface area contributed by atoms with E-state index in [2.05, 4.69) is 10.2 Å². The second kappa shape index (κ2) is 5.94. The number of nitrogens with zero attached hydrogens (tertiary/aromatic N) is 4. The zero-order chi connectivity index (χ0) is 17.4. The van der Waals surface area contributed by atoms with Crippen LogP contribution in [0, 0.1) is 0 Å². The second-order valence-electron chi connectivity index (χ2n) is 5.57. The van der Waals surface area contributed by atoms with Gasteiger partial charge in [0.15, 0.2) is 17.3 Å². The van der Waals surface area contributed by atoms with Crippen LogP contribution >= 0.6 is 0 Å². The number of rotatable bonds is 4. The van der Waals surface area contributed by atoms with Crippen LogP contribution in [-0.2, 0) is 13.7 Å². The molecule has 7 nitrogen and oxygen atoms in total. The van der Waals surface area contributed by atoms with Crippen LogP contribution in [0.2, 0.25) is 0 Å². The summed E-state index contributed by atoms with van der Waals surface area (Å²) >= 11 is 0. The molecule has 4 aromatic rings. The van der Waals surface area contributed by atoms with Crippen molar-refractivity contribution in [2.75, 3.05) is 7.11 Å². The molecule has 0 radical (unpaired) electrons. The summed E-state index contributed by atoms with van der Waals surface area (Å²) in [6.45, 7) is 0.198. The molecule has 0 N–H and O–H groups in total. The van der Waals surface area contributed by atoms with Crippen LogP contribution in [0.25, 0.3) is 16.7 Å². The number of benzene rings is 2. The first-order chi connectivity index (χ1) is 12.2. The number of fused-ring (bicyclic) bond motifs is 3. The van der Waals surface area contributed by atoms with Crippen molar-refractivity contribution in [1.82, 2.24) is 19.2 Å². The molecule has 0 fully saturated rings. The monoisotopic (exact) mass is 336 g/mol. The third-order valence-electron chi connectivity index (χ3n) is 4.12. The Balaban J connectivity index is 1.82. The lowest BCUT2D eigenvalue weighted by molar-refractivity contribution is 0.275. The second-order valence-corrected chi connectivity index (χ2v) is 5.57. The van der Waals surface area contributed by atoms with E-state index >= 15 is 0 Å². The highest BCUT2D eigenvalue weighted by molar-refractivity contribution is 5.80. The van der Waals surface area contributed by atoms with Gasteiger partial charge in [-0.2, -0.15) is 0 Å². The standard InChI is InChI=1S/C18H16N4O3/c1-21-17(23)12-7-3-4-8-13(12)22-16(19-20-18(21)22)11-25-15-10-6-5-9-14(15)24-2/h3-10H,11H2,1-2H3. The number of methoxy groups -OCH3 is 1. The minimum absolute atomic E-state index is 0.104. The molecule has 126 valence electrons. The quantitative estimate of drug-likeness (QED) is 0.571. The Morgan fingerprint density at radius 2 is 1.72 bits per heavy atom. The third-order valence-corrected chi connectivity index (χ3v) is 4.12. The highest BCUT2D eigenvalue weighted by Crippen LogP contribution is 2.26. The molecule has 0 amide bonds. The Morgan fingerprint density at radius 3 is 2.52 bits per heavy atom. The Bertz CT molecular complexity index is 1130. The molecule has 4 rings (SSSR count). The lowest BCUT2D eigenvalue weighted by atomic mass is 10.2. The number of hydrogen-bond acceptors (Lipinski definition) is 5. The zero-order valence-electron chi connectivity index (χ0n) is 13.8. The summed E-state index contributed by atoms with van der Waals surface area (Å²) in [5, 5.41) is 8.96. The van der Waals surface area contributed by atoms with Crippen LogP contribution in [0.1, 0.15) is 5.82 Å². The molecule has 0 bridgehead atoms. The van der Waals surface area contributed by atoms with Gasteiger partial charge in [0.1, 0.15) is 6.61 Å². The molecule has 0 atom stereocenters. The average Bonchev–Trinajstić information content (AvgIpc) is 3.09. The summed E-state index contributed by atoms with van der Waals surface area (Å²) in [5.74, 6) is 2.35. The van der Waals surface area contributed by atoms with Crippen LogP contribution in [0.5, 0.6) is 11.5 Å². The molecular formula is C18H16N4O3. The van der Waals surface area contributed by atoms with Crippen molar-refractivity contribution in [3.05, 3.63) is 64.7 Å². The van der Waals surface area contributed by atoms with Crippen molar-refractivity contribution in [2.45, 2.75) is 6.61 Å². The van der Waals surface area contributed by atoms with E-state index < -0.39 is 0 Å². The minimum Gasteiger partial charge on any atom is -0.493 e. The van der Waals surface area contributed by atoms with E-state index in [1.807, 2.05) is 46.9 Å². The number of aryl methyl sites for hydroxylation is 1. The summed E-state index contributed by atoms with van der Waals surface area (Å²) < 4.78 is 14.5. The van der Waals surface area contributed by atoms with Crippen molar-refractivity contribution in [1.29, 1.82) is 0 Å². The van der Waals surface area contributed by atoms with Crippen molar-refractivity contribution in [2.24, 2.45) is 7.05 Å². The van der Waals surface area contributed by atoms with Gasteiger partial charge in [0.2, 0.25) is 5.78 Å². The molecule has 0 unspecified atom stereocenters. The van der Waals surface area contributed by atoms with E-state index in [1.54, 1.807) is 20.2 Å². The first-order valence-corrected chi connectivity index (χ1v) is 7.78. The van der Waals surface area contributed by atoms with Crippen molar-refractivity contribution < 1.29 is 9.47 Å². The van der Waals surface area contributed by atoms with Crippen molar-refractivity contribution >= 4 is 16.7 Å². The molecule has 25 heavy (non-hydrogen) atoms. The maximum atomic E-state index is 12.4. The van der Waals surface area contributed by atoms with Crippen molar-refractivity contribution in [3.63, 3.8) is 0 Å². The SMILES string of the molecule is COc1ccccc1OCc1nnc2n(C)c(=O)c3ccccc3n12. The molecule has 0 aliphatic rings. The van der Waals surface area contributed by atoms with E-state index in [-0.39, 0.29) is 12.2 Å². The third kappa shape index (κ3) is 2.40. The van der Waals surface area contributed by atoms with Gasteiger partial charge in [-0.25, -0.2) is 0 Å². The van der Waals surface area contributed by atoms with Gasteiger partial charge >= 0.3 is 0 Å². The molecule has 0 aliphatic carbocycles. The van der Waals surface area contributed by atoms with Gasteiger partial charge in [-0.3, -0.25) is 13.8 Å². The van der Waals surface area contributed by atoms with Gasteiger partial charge in [0, 0.05) is 7.05 Å². The smallest absolute Gasteiger partial charge is 0.262 e. The summed E-state index contributed by atoms with van der Waals surface area (Å²) in [5.41, 5.74) is 0.650. The van der Waals surface area contributed by atoms with E-state index in [0.717, 1.165) is 5.52 Å². The van der Waals surface area contributed by atoms with Crippen LogP contribution in [0.4, 0.5) is 0 Å². The van der Waals surface area contributed by atoms with Gasteiger partial charge < -0.3 is 9.47 Å². The fraction of sp³-hybridized carbons (Fsp3) is 0.167. The minimum atomic E-state index is -0.104. The number of hydrogen-bond donors (Lipinski definition) is 0. The van der Waals surface area contributed by atoms with Crippen molar-refractivity contribution in [3.8, 4) is 11.5 Å². The lowest BCUT2D eigenvalue weighted by Gasteiger charge is -2.10. The van der Waals surface area contributed by atoms with Crippen LogP contribution in [0.15, 0.2) is 53.3 Å². The van der Waals surface area contributed by atoms with Gasteiger partial charge in [0.25, 0.3) is 5.56 Å². The Hall–Kier alpha value is -3.35. The Morgan fingerprint density at radius 1 is 1.00 bits per heavy atom. The van der Waals surface area contributed by atoms with Gasteiger partial charge in [-0.1, -0.05) is 24.3 Å². The lowest BCUT2D eigenvalue weighted by Crippen LogP contribution is -2.20. The highest BCUT2D eigenvalue weighted by Gasteiger charge is 2.15. The topological polar surface area (TPSA) is 70.7 Å².